The Morgan fingerprint density at radius 1 is 0.870 bits per heavy atom. The SMILES string of the molecule is CCC(NC(=O)[C@@H]1C[C@@H](OCc2ccccc2)CN1C(=O)[C@H](NC(=O)[C@H](NC(=O)c1cnccn1)C(C)C)C(C)C)C(=O)c1nnc(-c2ccccc2)o1. The largest absolute Gasteiger partial charge is 0.414 e. The van der Waals surface area contributed by atoms with E-state index in [4.69, 9.17) is 9.15 Å². The molecule has 5 atom stereocenters. The van der Waals surface area contributed by atoms with E-state index < -0.39 is 65.6 Å². The van der Waals surface area contributed by atoms with Crippen molar-refractivity contribution in [1.82, 2.24) is 41.0 Å². The van der Waals surface area contributed by atoms with Gasteiger partial charge in [0.2, 0.25) is 29.4 Å². The molecular formula is C39H46N8O7. The highest BCUT2D eigenvalue weighted by Crippen LogP contribution is 2.25. The van der Waals surface area contributed by atoms with Crippen molar-refractivity contribution in [3.8, 4) is 11.5 Å². The predicted molar refractivity (Wildman–Crippen MR) is 196 cm³/mol. The summed E-state index contributed by atoms with van der Waals surface area (Å²) in [6, 6.07) is 14.4. The summed E-state index contributed by atoms with van der Waals surface area (Å²) in [7, 11) is 0. The van der Waals surface area contributed by atoms with Gasteiger partial charge in [0.25, 0.3) is 11.8 Å². The first-order chi connectivity index (χ1) is 26.0. The first kappa shape index (κ1) is 39.4. The van der Waals surface area contributed by atoms with E-state index in [1.165, 1.54) is 23.5 Å². The van der Waals surface area contributed by atoms with Crippen LogP contribution in [-0.2, 0) is 25.7 Å². The number of carbonyl (C=O) groups excluding carboxylic acids is 5. The third-order valence-electron chi connectivity index (χ3n) is 9.14. The number of Topliss-reactive ketones (excluding diaryl/α,β-unsaturated/α-hetero) is 1. The van der Waals surface area contributed by atoms with E-state index in [2.05, 4.69) is 36.1 Å². The second-order valence-corrected chi connectivity index (χ2v) is 13.8. The van der Waals surface area contributed by atoms with Crippen LogP contribution >= 0.6 is 0 Å². The quantitative estimate of drug-likeness (QED) is 0.143. The Labute approximate surface area is 313 Å². The van der Waals surface area contributed by atoms with Gasteiger partial charge in [-0.2, -0.15) is 0 Å². The van der Waals surface area contributed by atoms with Crippen molar-refractivity contribution in [2.75, 3.05) is 6.54 Å². The molecular weight excluding hydrogens is 692 g/mol. The molecule has 2 aromatic heterocycles. The first-order valence-corrected chi connectivity index (χ1v) is 18.0. The fraction of sp³-hybridized carbons (Fsp3) is 0.410. The van der Waals surface area contributed by atoms with E-state index in [0.717, 1.165) is 5.56 Å². The molecule has 1 aliphatic rings. The standard InChI is InChI=1S/C39H46N8O7/c1-6-28(33(48)38-46-45-37(54-38)26-15-11-8-12-16-26)42-35(50)30-19-27(53-22-25-13-9-7-10-14-25)21-47(30)39(52)32(24(4)5)44-36(51)31(23(2)3)43-34(49)29-20-40-17-18-41-29/h7-18,20,23-24,27-28,30-32H,6,19,21-22H2,1-5H3,(H,42,50)(H,43,49)(H,44,51)/t27-,28?,30+,31-,32-/m1/s1. The summed E-state index contributed by atoms with van der Waals surface area (Å²) in [4.78, 5) is 77.9. The minimum atomic E-state index is -1.06. The summed E-state index contributed by atoms with van der Waals surface area (Å²) in [5.41, 5.74) is 1.60. The van der Waals surface area contributed by atoms with Crippen LogP contribution < -0.4 is 16.0 Å². The number of nitrogens with one attached hydrogen (secondary N) is 3. The molecule has 1 saturated heterocycles. The topological polar surface area (TPSA) is 199 Å². The van der Waals surface area contributed by atoms with Crippen molar-refractivity contribution < 1.29 is 33.1 Å². The van der Waals surface area contributed by atoms with E-state index in [0.29, 0.717) is 5.56 Å². The average molecular weight is 739 g/mol. The van der Waals surface area contributed by atoms with Gasteiger partial charge in [-0.3, -0.25) is 29.0 Å². The second kappa shape index (κ2) is 18.3. The van der Waals surface area contributed by atoms with Gasteiger partial charge in [0.05, 0.1) is 24.9 Å². The maximum absolute atomic E-state index is 14.4. The molecule has 4 aromatic rings. The highest BCUT2D eigenvalue weighted by molar-refractivity contribution is 6.00. The van der Waals surface area contributed by atoms with E-state index in [1.807, 2.05) is 36.4 Å². The van der Waals surface area contributed by atoms with Crippen LogP contribution in [0, 0.1) is 11.8 Å². The molecule has 0 spiro atoms. The number of amides is 4. The van der Waals surface area contributed by atoms with Gasteiger partial charge in [0.1, 0.15) is 23.8 Å². The van der Waals surface area contributed by atoms with Crippen LogP contribution in [0.4, 0.5) is 0 Å². The highest BCUT2D eigenvalue weighted by Gasteiger charge is 2.44. The van der Waals surface area contributed by atoms with Crippen molar-refractivity contribution in [2.24, 2.45) is 11.8 Å². The number of ether oxygens (including phenoxy) is 1. The zero-order valence-corrected chi connectivity index (χ0v) is 31.0. The van der Waals surface area contributed by atoms with Gasteiger partial charge >= 0.3 is 0 Å². The normalized spacial score (nSPS) is 17.1. The van der Waals surface area contributed by atoms with Crippen LogP contribution in [0.5, 0.6) is 0 Å². The van der Waals surface area contributed by atoms with Gasteiger partial charge in [-0.15, -0.1) is 10.2 Å². The Balaban J connectivity index is 1.34. The molecule has 1 aliphatic heterocycles. The third-order valence-corrected chi connectivity index (χ3v) is 9.14. The molecule has 1 unspecified atom stereocenters. The summed E-state index contributed by atoms with van der Waals surface area (Å²) in [5.74, 6) is -3.63. The van der Waals surface area contributed by atoms with Crippen LogP contribution in [0.1, 0.15) is 74.2 Å². The van der Waals surface area contributed by atoms with Crippen molar-refractivity contribution in [3.05, 3.63) is 96.4 Å². The molecule has 15 nitrogen and oxygen atoms in total. The minimum absolute atomic E-state index is 0.0412. The molecule has 4 amide bonds. The fourth-order valence-electron chi connectivity index (χ4n) is 6.09. The van der Waals surface area contributed by atoms with Crippen molar-refractivity contribution in [2.45, 2.75) is 84.3 Å². The number of likely N-dealkylation sites (tertiary alicyclic amines) is 1. The zero-order valence-electron chi connectivity index (χ0n) is 31.0. The number of nitrogens with zero attached hydrogens (tertiary/aromatic N) is 5. The van der Waals surface area contributed by atoms with E-state index in [9.17, 15) is 24.0 Å². The molecule has 0 aliphatic carbocycles. The summed E-state index contributed by atoms with van der Waals surface area (Å²) < 4.78 is 11.9. The Morgan fingerprint density at radius 3 is 2.19 bits per heavy atom. The number of ketones is 1. The lowest BCUT2D eigenvalue weighted by atomic mass is 9.98. The molecule has 5 rings (SSSR count). The lowest BCUT2D eigenvalue weighted by molar-refractivity contribution is -0.143. The molecule has 2 aromatic carbocycles. The summed E-state index contributed by atoms with van der Waals surface area (Å²) in [6.07, 6.45) is 3.93. The van der Waals surface area contributed by atoms with Gasteiger partial charge in [-0.1, -0.05) is 83.1 Å². The fourth-order valence-corrected chi connectivity index (χ4v) is 6.09. The van der Waals surface area contributed by atoms with Gasteiger partial charge in [0.15, 0.2) is 0 Å². The van der Waals surface area contributed by atoms with Crippen molar-refractivity contribution in [3.63, 3.8) is 0 Å². The van der Waals surface area contributed by atoms with Crippen molar-refractivity contribution in [1.29, 1.82) is 0 Å². The lowest BCUT2D eigenvalue weighted by Crippen LogP contribution is -2.59. The summed E-state index contributed by atoms with van der Waals surface area (Å²) >= 11 is 0. The Bertz CT molecular complexity index is 1890. The van der Waals surface area contributed by atoms with E-state index >= 15 is 0 Å². The van der Waals surface area contributed by atoms with Crippen LogP contribution in [-0.4, -0.2) is 91.3 Å². The first-order valence-electron chi connectivity index (χ1n) is 18.0. The van der Waals surface area contributed by atoms with E-state index in [-0.39, 0.29) is 49.4 Å². The van der Waals surface area contributed by atoms with Crippen LogP contribution in [0.3, 0.4) is 0 Å². The molecule has 3 heterocycles. The highest BCUT2D eigenvalue weighted by atomic mass is 16.5. The van der Waals surface area contributed by atoms with Gasteiger partial charge in [-0.05, 0) is 36.0 Å². The van der Waals surface area contributed by atoms with E-state index in [1.54, 1.807) is 58.9 Å². The molecule has 1 fully saturated rings. The Morgan fingerprint density at radius 2 is 1.56 bits per heavy atom. The van der Waals surface area contributed by atoms with Crippen LogP contribution in [0.15, 0.2) is 83.7 Å². The molecule has 15 heteroatoms. The molecule has 0 saturated carbocycles. The minimum Gasteiger partial charge on any atom is -0.414 e. The zero-order chi connectivity index (χ0) is 38.8. The smallest absolute Gasteiger partial charge is 0.286 e. The maximum atomic E-state index is 14.4. The number of aromatic nitrogens is 4. The second-order valence-electron chi connectivity index (χ2n) is 13.8. The number of hydrogen-bond donors (Lipinski definition) is 3. The lowest BCUT2D eigenvalue weighted by Gasteiger charge is -2.32. The molecule has 284 valence electrons. The number of benzene rings is 2. The predicted octanol–water partition coefficient (Wildman–Crippen LogP) is 3.39. The molecule has 54 heavy (non-hydrogen) atoms. The monoisotopic (exact) mass is 738 g/mol. The number of carbonyl (C=O) groups is 5. The number of rotatable bonds is 16. The Hall–Kier alpha value is -5.83. The van der Waals surface area contributed by atoms with Gasteiger partial charge in [0, 0.05) is 30.9 Å². The van der Waals surface area contributed by atoms with Crippen LogP contribution in [0.25, 0.3) is 11.5 Å². The summed E-state index contributed by atoms with van der Waals surface area (Å²) in [6.45, 7) is 9.15. The van der Waals surface area contributed by atoms with Gasteiger partial charge < -0.3 is 30.0 Å². The number of hydrogen-bond acceptors (Lipinski definition) is 11. The maximum Gasteiger partial charge on any atom is 0.286 e. The van der Waals surface area contributed by atoms with Gasteiger partial charge in [-0.25, -0.2) is 4.98 Å². The average Bonchev–Trinajstić information content (AvgIpc) is 3.86. The Kier molecular flexibility index (Phi) is 13.3. The molecule has 0 radical (unpaired) electrons. The van der Waals surface area contributed by atoms with Crippen LogP contribution in [0.2, 0.25) is 0 Å². The molecule has 0 bridgehead atoms. The molecule has 3 N–H and O–H groups in total. The third kappa shape index (κ3) is 9.77. The van der Waals surface area contributed by atoms with Crippen molar-refractivity contribution >= 4 is 29.4 Å². The summed E-state index contributed by atoms with van der Waals surface area (Å²) in [5, 5.41) is 16.3.